The van der Waals surface area contributed by atoms with E-state index in [4.69, 9.17) is 0 Å². The van der Waals surface area contributed by atoms with Crippen molar-refractivity contribution in [2.45, 2.75) is 19.5 Å². The van der Waals surface area contributed by atoms with Crippen LogP contribution in [0.5, 0.6) is 0 Å². The molecule has 4 heterocycles. The quantitative estimate of drug-likeness (QED) is 0.816. The first-order valence-corrected chi connectivity index (χ1v) is 8.81. The van der Waals surface area contributed by atoms with Gasteiger partial charge in [-0.05, 0) is 0 Å². The lowest BCUT2D eigenvalue weighted by Crippen LogP contribution is -2.50. The van der Waals surface area contributed by atoms with E-state index < -0.39 is 0 Å². The Bertz CT molecular complexity index is 756. The van der Waals surface area contributed by atoms with Crippen LogP contribution in [0.3, 0.4) is 0 Å². The third-order valence-electron chi connectivity index (χ3n) is 4.38. The average molecular weight is 346 g/mol. The molecular formula is C15H18N6O2S. The zero-order valence-corrected chi connectivity index (χ0v) is 13.9. The molecule has 0 saturated carbocycles. The van der Waals surface area contributed by atoms with Gasteiger partial charge < -0.3 is 10.2 Å². The first-order chi connectivity index (χ1) is 11.7. The number of hydrogen-bond acceptors (Lipinski definition) is 6. The lowest BCUT2D eigenvalue weighted by Gasteiger charge is -2.28. The summed E-state index contributed by atoms with van der Waals surface area (Å²) < 4.78 is 0. The van der Waals surface area contributed by atoms with E-state index in [0.717, 1.165) is 35.8 Å². The maximum atomic E-state index is 12.7. The van der Waals surface area contributed by atoms with Gasteiger partial charge >= 0.3 is 0 Å². The van der Waals surface area contributed by atoms with Crippen LogP contribution in [-0.2, 0) is 24.3 Å². The van der Waals surface area contributed by atoms with Crippen molar-refractivity contribution in [2.24, 2.45) is 0 Å². The largest absolute Gasteiger partial charge is 0.353 e. The molecule has 4 rings (SSSR count). The molecule has 0 atom stereocenters. The predicted octanol–water partition coefficient (Wildman–Crippen LogP) is -0.00350. The molecular weight excluding hydrogens is 328 g/mol. The first kappa shape index (κ1) is 15.3. The second-order valence-corrected chi connectivity index (χ2v) is 6.97. The normalized spacial score (nSPS) is 18.3. The molecule has 2 aliphatic rings. The number of fused-ring (bicyclic) bond motifs is 1. The number of aromatic nitrogens is 3. The molecule has 0 spiro atoms. The lowest BCUT2D eigenvalue weighted by molar-refractivity contribution is -0.123. The number of amides is 2. The van der Waals surface area contributed by atoms with Gasteiger partial charge in [0.2, 0.25) is 5.91 Å². The van der Waals surface area contributed by atoms with Gasteiger partial charge in [-0.2, -0.15) is 5.10 Å². The molecule has 0 bridgehead atoms. The molecule has 126 valence electrons. The Hall–Kier alpha value is -2.26. The van der Waals surface area contributed by atoms with Crippen molar-refractivity contribution >= 4 is 23.2 Å². The summed E-state index contributed by atoms with van der Waals surface area (Å²) in [7, 11) is 0. The third kappa shape index (κ3) is 2.92. The average Bonchev–Trinajstić information content (AvgIpc) is 3.23. The van der Waals surface area contributed by atoms with Gasteiger partial charge in [0.05, 0.1) is 13.1 Å². The molecule has 2 aromatic heterocycles. The van der Waals surface area contributed by atoms with Gasteiger partial charge in [-0.1, -0.05) is 0 Å². The van der Waals surface area contributed by atoms with Crippen LogP contribution < -0.4 is 5.32 Å². The Morgan fingerprint density at radius 2 is 2.25 bits per heavy atom. The van der Waals surface area contributed by atoms with Gasteiger partial charge in [-0.3, -0.25) is 19.6 Å². The van der Waals surface area contributed by atoms with Gasteiger partial charge in [0, 0.05) is 55.4 Å². The molecule has 1 fully saturated rings. The fourth-order valence-corrected chi connectivity index (χ4v) is 3.80. The summed E-state index contributed by atoms with van der Waals surface area (Å²) >= 11 is 1.64. The SMILES string of the molecule is O=C1CN(C(=O)c2n[nH]c3c2CN(Cc2nccs2)CC3)CCN1. The first-order valence-electron chi connectivity index (χ1n) is 7.93. The van der Waals surface area contributed by atoms with Crippen molar-refractivity contribution in [1.82, 2.24) is 30.3 Å². The number of piperazine rings is 1. The van der Waals surface area contributed by atoms with Crippen LogP contribution in [0.15, 0.2) is 11.6 Å². The van der Waals surface area contributed by atoms with Gasteiger partial charge in [0.25, 0.3) is 5.91 Å². The number of nitrogens with zero attached hydrogens (tertiary/aromatic N) is 4. The monoisotopic (exact) mass is 346 g/mol. The van der Waals surface area contributed by atoms with Crippen LogP contribution in [0.4, 0.5) is 0 Å². The van der Waals surface area contributed by atoms with Crippen molar-refractivity contribution in [2.75, 3.05) is 26.2 Å². The highest BCUT2D eigenvalue weighted by molar-refractivity contribution is 7.09. The van der Waals surface area contributed by atoms with Crippen molar-refractivity contribution < 1.29 is 9.59 Å². The molecule has 24 heavy (non-hydrogen) atoms. The molecule has 8 nitrogen and oxygen atoms in total. The fourth-order valence-electron chi connectivity index (χ4n) is 3.15. The number of nitrogens with one attached hydrogen (secondary N) is 2. The summed E-state index contributed by atoms with van der Waals surface area (Å²) in [6.07, 6.45) is 2.64. The van der Waals surface area contributed by atoms with E-state index in [0.29, 0.717) is 25.3 Å². The summed E-state index contributed by atoms with van der Waals surface area (Å²) in [5.74, 6) is -0.289. The van der Waals surface area contributed by atoms with Gasteiger partial charge in [0.1, 0.15) is 5.01 Å². The maximum absolute atomic E-state index is 12.7. The molecule has 1 saturated heterocycles. The molecule has 0 unspecified atom stereocenters. The minimum Gasteiger partial charge on any atom is -0.353 e. The molecule has 0 aliphatic carbocycles. The summed E-state index contributed by atoms with van der Waals surface area (Å²) in [6.45, 7) is 3.48. The van der Waals surface area contributed by atoms with Crippen molar-refractivity contribution in [1.29, 1.82) is 0 Å². The van der Waals surface area contributed by atoms with E-state index in [1.165, 1.54) is 0 Å². The Kier molecular flexibility index (Phi) is 4.03. The highest BCUT2D eigenvalue weighted by atomic mass is 32.1. The van der Waals surface area contributed by atoms with E-state index in [9.17, 15) is 9.59 Å². The van der Waals surface area contributed by atoms with Gasteiger partial charge in [-0.15, -0.1) is 11.3 Å². The molecule has 0 radical (unpaired) electrons. The number of carbonyl (C=O) groups excluding carboxylic acids is 2. The van der Waals surface area contributed by atoms with E-state index in [2.05, 4.69) is 25.4 Å². The number of carbonyl (C=O) groups is 2. The van der Waals surface area contributed by atoms with E-state index in [1.54, 1.807) is 16.2 Å². The fraction of sp³-hybridized carbons (Fsp3) is 0.467. The number of thiazole rings is 1. The highest BCUT2D eigenvalue weighted by Gasteiger charge is 2.30. The Labute approximate surface area is 142 Å². The summed E-state index contributed by atoms with van der Waals surface area (Å²) in [5, 5.41) is 13.0. The number of aromatic amines is 1. The predicted molar refractivity (Wildman–Crippen MR) is 87.4 cm³/mol. The minimum absolute atomic E-state index is 0.100. The number of hydrogen-bond donors (Lipinski definition) is 2. The maximum Gasteiger partial charge on any atom is 0.275 e. The molecule has 2 aliphatic heterocycles. The topological polar surface area (TPSA) is 94.2 Å². The molecule has 2 amide bonds. The van der Waals surface area contributed by atoms with E-state index in [-0.39, 0.29) is 18.4 Å². The second-order valence-electron chi connectivity index (χ2n) is 5.99. The third-order valence-corrected chi connectivity index (χ3v) is 5.15. The van der Waals surface area contributed by atoms with Gasteiger partial charge in [0.15, 0.2) is 5.69 Å². The Morgan fingerprint density at radius 1 is 1.33 bits per heavy atom. The lowest BCUT2D eigenvalue weighted by atomic mass is 10.0. The van der Waals surface area contributed by atoms with Crippen LogP contribution in [-0.4, -0.2) is 63.0 Å². The number of rotatable bonds is 3. The summed E-state index contributed by atoms with van der Waals surface area (Å²) in [6, 6.07) is 0. The summed E-state index contributed by atoms with van der Waals surface area (Å²) in [4.78, 5) is 32.4. The minimum atomic E-state index is -0.168. The highest BCUT2D eigenvalue weighted by Crippen LogP contribution is 2.23. The van der Waals surface area contributed by atoms with E-state index in [1.807, 2.05) is 11.6 Å². The molecule has 0 aromatic carbocycles. The Balaban J connectivity index is 1.51. The van der Waals surface area contributed by atoms with Crippen LogP contribution in [0.25, 0.3) is 0 Å². The van der Waals surface area contributed by atoms with Crippen LogP contribution in [0.2, 0.25) is 0 Å². The van der Waals surface area contributed by atoms with Gasteiger partial charge in [-0.25, -0.2) is 4.98 Å². The molecule has 2 N–H and O–H groups in total. The van der Waals surface area contributed by atoms with Crippen molar-refractivity contribution in [3.05, 3.63) is 33.5 Å². The smallest absolute Gasteiger partial charge is 0.275 e. The van der Waals surface area contributed by atoms with Crippen LogP contribution >= 0.6 is 11.3 Å². The van der Waals surface area contributed by atoms with Crippen molar-refractivity contribution in [3.8, 4) is 0 Å². The zero-order chi connectivity index (χ0) is 16.5. The van der Waals surface area contributed by atoms with Crippen LogP contribution in [0, 0.1) is 0 Å². The summed E-state index contributed by atoms with van der Waals surface area (Å²) in [5.41, 5.74) is 2.42. The molecule has 9 heteroatoms. The van der Waals surface area contributed by atoms with Crippen molar-refractivity contribution in [3.63, 3.8) is 0 Å². The molecule has 2 aromatic rings. The standard InChI is InChI=1S/C15H18N6O2S/c22-12-8-21(5-2-16-12)15(23)14-10-7-20(4-1-11(10)18-19-14)9-13-17-3-6-24-13/h3,6H,1-2,4-5,7-9H2,(H,16,22)(H,18,19). The zero-order valence-electron chi connectivity index (χ0n) is 13.1. The Morgan fingerprint density at radius 3 is 3.04 bits per heavy atom. The van der Waals surface area contributed by atoms with Crippen LogP contribution in [0.1, 0.15) is 26.8 Å². The van der Waals surface area contributed by atoms with E-state index >= 15 is 0 Å². The second kappa shape index (κ2) is 6.33. The number of H-pyrrole nitrogens is 1.